The Hall–Kier alpha value is -1.52. The van der Waals surface area contributed by atoms with Crippen LogP contribution >= 0.6 is 0 Å². The molecular weight excluding hydrogens is 134 g/mol. The van der Waals surface area contributed by atoms with Gasteiger partial charge in [-0.2, -0.15) is 5.10 Å². The molecule has 0 bridgehead atoms. The quantitative estimate of drug-likeness (QED) is 0.597. The molecule has 0 saturated heterocycles. The van der Waals surface area contributed by atoms with Crippen LogP contribution in [-0.4, -0.2) is 26.3 Å². The van der Waals surface area contributed by atoms with Crippen LogP contribution in [0.4, 0.5) is 0 Å². The molecule has 0 radical (unpaired) electrons. The number of rotatable bonds is 2. The highest BCUT2D eigenvalue weighted by atomic mass is 16.4. The summed E-state index contributed by atoms with van der Waals surface area (Å²) in [5.74, 6) is -0.928. The van der Waals surface area contributed by atoms with E-state index in [0.29, 0.717) is 5.69 Å². The number of aliphatic carboxylic acids is 1. The van der Waals surface area contributed by atoms with Crippen molar-refractivity contribution in [3.05, 3.63) is 18.2 Å². The van der Waals surface area contributed by atoms with E-state index in [4.69, 9.17) is 5.11 Å². The maximum atomic E-state index is 10.1. The Balaban J connectivity index is 2.67. The van der Waals surface area contributed by atoms with Gasteiger partial charge in [0.2, 0.25) is 0 Å². The van der Waals surface area contributed by atoms with E-state index < -0.39 is 5.97 Å². The molecule has 0 unspecified atom stereocenters. The van der Waals surface area contributed by atoms with Gasteiger partial charge in [-0.1, -0.05) is 0 Å². The first-order valence-electron chi connectivity index (χ1n) is 2.62. The molecule has 0 atom stereocenters. The topological polar surface area (TPSA) is 76.0 Å². The Kier molecular flexibility index (Phi) is 1.89. The van der Waals surface area contributed by atoms with Crippen molar-refractivity contribution in [2.24, 2.45) is 0 Å². The van der Waals surface area contributed by atoms with Crippen molar-refractivity contribution in [2.45, 2.75) is 6.42 Å². The first kappa shape index (κ1) is 6.60. The molecule has 1 aromatic rings. The molecule has 1 N–H and O–H groups in total. The van der Waals surface area contributed by atoms with Crippen molar-refractivity contribution in [1.29, 1.82) is 0 Å². The van der Waals surface area contributed by atoms with Gasteiger partial charge < -0.3 is 5.11 Å². The van der Waals surface area contributed by atoms with Gasteiger partial charge in [0.25, 0.3) is 0 Å². The summed E-state index contributed by atoms with van der Waals surface area (Å²) in [7, 11) is 0. The van der Waals surface area contributed by atoms with Crippen LogP contribution in [0.25, 0.3) is 0 Å². The fraction of sp³-hybridized carbons (Fsp3) is 0.200. The van der Waals surface area contributed by atoms with Gasteiger partial charge in [0, 0.05) is 0 Å². The van der Waals surface area contributed by atoms with Gasteiger partial charge in [0.05, 0.1) is 18.3 Å². The highest BCUT2D eigenvalue weighted by Gasteiger charge is 1.99. The second-order valence-electron chi connectivity index (χ2n) is 1.67. The van der Waals surface area contributed by atoms with E-state index in [1.54, 1.807) is 0 Å². The van der Waals surface area contributed by atoms with E-state index in [1.165, 1.54) is 12.5 Å². The number of carboxylic acids is 1. The Bertz CT molecular complexity index is 224. The van der Waals surface area contributed by atoms with Gasteiger partial charge in [0.15, 0.2) is 0 Å². The number of nitrogens with zero attached hydrogens (tertiary/aromatic N) is 3. The maximum absolute atomic E-state index is 10.1. The van der Waals surface area contributed by atoms with Gasteiger partial charge in [-0.25, -0.2) is 4.98 Å². The second-order valence-corrected chi connectivity index (χ2v) is 1.67. The Labute approximate surface area is 56.7 Å². The average molecular weight is 139 g/mol. The van der Waals surface area contributed by atoms with Crippen LogP contribution in [0.5, 0.6) is 0 Å². The molecule has 0 aliphatic heterocycles. The number of hydrogen-bond donors (Lipinski definition) is 1. The summed E-state index contributed by atoms with van der Waals surface area (Å²) in [6.07, 6.45) is 2.51. The minimum Gasteiger partial charge on any atom is -0.481 e. The minimum absolute atomic E-state index is 0.124. The van der Waals surface area contributed by atoms with Gasteiger partial charge in [-0.3, -0.25) is 4.79 Å². The zero-order chi connectivity index (χ0) is 7.40. The molecule has 0 aliphatic rings. The van der Waals surface area contributed by atoms with Crippen LogP contribution in [0, 0.1) is 0 Å². The van der Waals surface area contributed by atoms with Gasteiger partial charge >= 0.3 is 5.97 Å². The van der Waals surface area contributed by atoms with E-state index in [2.05, 4.69) is 15.2 Å². The molecule has 0 saturated carbocycles. The molecule has 0 fully saturated rings. The molecule has 1 rings (SSSR count). The lowest BCUT2D eigenvalue weighted by molar-refractivity contribution is -0.136. The lowest BCUT2D eigenvalue weighted by Gasteiger charge is -1.89. The fourth-order valence-electron chi connectivity index (χ4n) is 0.511. The zero-order valence-corrected chi connectivity index (χ0v) is 5.06. The fourth-order valence-corrected chi connectivity index (χ4v) is 0.511. The Morgan fingerprint density at radius 2 is 2.50 bits per heavy atom. The molecule has 0 amide bonds. The predicted molar refractivity (Wildman–Crippen MR) is 31.2 cm³/mol. The molecular formula is C5H5N3O2. The van der Waals surface area contributed by atoms with Crippen molar-refractivity contribution >= 4 is 5.97 Å². The van der Waals surface area contributed by atoms with Crippen molar-refractivity contribution < 1.29 is 9.90 Å². The van der Waals surface area contributed by atoms with Crippen LogP contribution in [0.15, 0.2) is 12.5 Å². The SMILES string of the molecule is O=C(O)Cc1cncnn1. The monoisotopic (exact) mass is 139 g/mol. The summed E-state index contributed by atoms with van der Waals surface area (Å²) < 4.78 is 0. The first-order valence-corrected chi connectivity index (χ1v) is 2.62. The number of hydrogen-bond acceptors (Lipinski definition) is 4. The normalized spacial score (nSPS) is 9.20. The molecule has 0 aromatic carbocycles. The van der Waals surface area contributed by atoms with Crippen LogP contribution < -0.4 is 0 Å². The van der Waals surface area contributed by atoms with Crippen molar-refractivity contribution in [3.63, 3.8) is 0 Å². The first-order chi connectivity index (χ1) is 4.79. The van der Waals surface area contributed by atoms with Crippen molar-refractivity contribution in [3.8, 4) is 0 Å². The largest absolute Gasteiger partial charge is 0.481 e. The van der Waals surface area contributed by atoms with Gasteiger partial charge in [-0.15, -0.1) is 5.10 Å². The lowest BCUT2D eigenvalue weighted by atomic mass is 10.3. The maximum Gasteiger partial charge on any atom is 0.309 e. The van der Waals surface area contributed by atoms with E-state index >= 15 is 0 Å². The summed E-state index contributed by atoms with van der Waals surface area (Å²) in [4.78, 5) is 13.7. The van der Waals surface area contributed by atoms with Gasteiger partial charge in [0.1, 0.15) is 6.33 Å². The van der Waals surface area contributed by atoms with Crippen LogP contribution in [0.3, 0.4) is 0 Å². The predicted octanol–water partition coefficient (Wildman–Crippen LogP) is -0.501. The molecule has 52 valence electrons. The second kappa shape index (κ2) is 2.86. The highest BCUT2D eigenvalue weighted by Crippen LogP contribution is 1.88. The molecule has 0 aliphatic carbocycles. The van der Waals surface area contributed by atoms with Gasteiger partial charge in [-0.05, 0) is 0 Å². The average Bonchev–Trinajstić information content (AvgIpc) is 1.88. The van der Waals surface area contributed by atoms with E-state index in [-0.39, 0.29) is 6.42 Å². The van der Waals surface area contributed by atoms with Crippen LogP contribution in [-0.2, 0) is 11.2 Å². The zero-order valence-electron chi connectivity index (χ0n) is 5.06. The molecule has 5 heteroatoms. The van der Waals surface area contributed by atoms with E-state index in [1.807, 2.05) is 0 Å². The third-order valence-corrected chi connectivity index (χ3v) is 0.860. The number of carboxylic acid groups (broad SMARTS) is 1. The minimum atomic E-state index is -0.928. The Morgan fingerprint density at radius 1 is 1.70 bits per heavy atom. The van der Waals surface area contributed by atoms with Crippen molar-refractivity contribution in [2.75, 3.05) is 0 Å². The lowest BCUT2D eigenvalue weighted by Crippen LogP contribution is -2.03. The summed E-state index contributed by atoms with van der Waals surface area (Å²) in [6, 6.07) is 0. The van der Waals surface area contributed by atoms with Crippen LogP contribution in [0.2, 0.25) is 0 Å². The third-order valence-electron chi connectivity index (χ3n) is 0.860. The number of carbonyl (C=O) groups is 1. The number of aromatic nitrogens is 3. The summed E-state index contributed by atoms with van der Waals surface area (Å²) in [5.41, 5.74) is 0.370. The Morgan fingerprint density at radius 3 is 3.00 bits per heavy atom. The highest BCUT2D eigenvalue weighted by molar-refractivity contribution is 5.69. The van der Waals surface area contributed by atoms with Crippen LogP contribution in [0.1, 0.15) is 5.69 Å². The summed E-state index contributed by atoms with van der Waals surface area (Å²) >= 11 is 0. The molecule has 0 spiro atoms. The summed E-state index contributed by atoms with van der Waals surface area (Å²) in [5, 5.41) is 15.2. The molecule has 1 aromatic heterocycles. The molecule has 10 heavy (non-hydrogen) atoms. The molecule has 1 heterocycles. The van der Waals surface area contributed by atoms with E-state index in [9.17, 15) is 4.79 Å². The third kappa shape index (κ3) is 1.77. The smallest absolute Gasteiger partial charge is 0.309 e. The van der Waals surface area contributed by atoms with E-state index in [0.717, 1.165) is 0 Å². The standard InChI is InChI=1S/C5H5N3O2/c9-5(10)1-4-2-6-3-7-8-4/h2-3H,1H2,(H,9,10). The summed E-state index contributed by atoms with van der Waals surface area (Å²) in [6.45, 7) is 0. The molecule has 5 nitrogen and oxygen atoms in total. The van der Waals surface area contributed by atoms with Crippen molar-refractivity contribution in [1.82, 2.24) is 15.2 Å².